The zero-order chi connectivity index (χ0) is 20.1. The van der Waals surface area contributed by atoms with Gasteiger partial charge in [-0.3, -0.25) is 9.59 Å². The van der Waals surface area contributed by atoms with E-state index in [0.717, 1.165) is 36.0 Å². The number of hydrogen-bond donors (Lipinski definition) is 2. The molecule has 1 aliphatic carbocycles. The summed E-state index contributed by atoms with van der Waals surface area (Å²) in [6, 6.07) is 12.0. The lowest BCUT2D eigenvalue weighted by Crippen LogP contribution is -2.42. The normalized spacial score (nSPS) is 13.6. The molecule has 2 N–H and O–H groups in total. The first kappa shape index (κ1) is 19.8. The molecule has 1 amide bonds. The van der Waals surface area contributed by atoms with Gasteiger partial charge in [-0.2, -0.15) is 0 Å². The number of ketones is 1. The van der Waals surface area contributed by atoms with E-state index in [9.17, 15) is 19.5 Å². The molecule has 1 unspecified atom stereocenters. The van der Waals surface area contributed by atoms with E-state index in [2.05, 4.69) is 5.32 Å². The summed E-state index contributed by atoms with van der Waals surface area (Å²) >= 11 is 0. The number of fused-ring (bicyclic) bond motifs is 1. The summed E-state index contributed by atoms with van der Waals surface area (Å²) in [5.74, 6) is -1.23. The van der Waals surface area contributed by atoms with Gasteiger partial charge in [0.05, 0.1) is 0 Å². The first-order valence-electron chi connectivity index (χ1n) is 9.72. The van der Waals surface area contributed by atoms with E-state index in [1.54, 1.807) is 6.07 Å². The molecule has 0 fully saturated rings. The number of Topliss-reactive ketones (excluding diaryl/α,β-unsaturated/α-hetero) is 1. The lowest BCUT2D eigenvalue weighted by Gasteiger charge is -2.16. The molecule has 28 heavy (non-hydrogen) atoms. The highest BCUT2D eigenvalue weighted by atomic mass is 16.4. The lowest BCUT2D eigenvalue weighted by molar-refractivity contribution is -0.139. The maximum Gasteiger partial charge on any atom is 0.326 e. The van der Waals surface area contributed by atoms with E-state index >= 15 is 0 Å². The van der Waals surface area contributed by atoms with E-state index in [4.69, 9.17) is 0 Å². The van der Waals surface area contributed by atoms with Gasteiger partial charge in [-0.1, -0.05) is 43.3 Å². The average Bonchev–Trinajstić information content (AvgIpc) is 3.17. The van der Waals surface area contributed by atoms with Gasteiger partial charge in [0, 0.05) is 24.8 Å². The molecule has 0 aliphatic heterocycles. The van der Waals surface area contributed by atoms with Crippen LogP contribution in [0.5, 0.6) is 0 Å². The molecule has 5 heteroatoms. The summed E-state index contributed by atoms with van der Waals surface area (Å²) in [5.41, 5.74) is 4.51. The van der Waals surface area contributed by atoms with Crippen LogP contribution in [-0.2, 0) is 35.3 Å². The van der Waals surface area contributed by atoms with Crippen molar-refractivity contribution in [3.05, 3.63) is 70.3 Å². The SMILES string of the molecule is CCC(=O)Cc1ccc(CC(NC(=O)c2cccc3c2CCC3)C(=O)O)cc1. The van der Waals surface area contributed by atoms with Gasteiger partial charge in [0.15, 0.2) is 0 Å². The molecule has 3 rings (SSSR count). The largest absolute Gasteiger partial charge is 0.480 e. The van der Waals surface area contributed by atoms with Crippen LogP contribution in [0.15, 0.2) is 42.5 Å². The first-order chi connectivity index (χ1) is 13.5. The third-order valence-corrected chi connectivity index (χ3v) is 5.25. The molecular weight excluding hydrogens is 354 g/mol. The van der Waals surface area contributed by atoms with Crippen molar-refractivity contribution in [2.24, 2.45) is 0 Å². The van der Waals surface area contributed by atoms with E-state index in [-0.39, 0.29) is 18.1 Å². The Labute approximate surface area is 164 Å². The van der Waals surface area contributed by atoms with Gasteiger partial charge in [-0.25, -0.2) is 4.79 Å². The van der Waals surface area contributed by atoms with Crippen LogP contribution in [0.1, 0.15) is 52.4 Å². The van der Waals surface area contributed by atoms with Crippen LogP contribution in [0, 0.1) is 0 Å². The standard InChI is InChI=1S/C23H25NO4/c1-2-18(25)13-15-9-11-16(12-10-15)14-21(23(27)28)24-22(26)20-8-4-6-17-5-3-7-19(17)20/h4,6,8-12,21H,2-3,5,7,13-14H2,1H3,(H,24,26)(H,27,28). The molecule has 0 saturated heterocycles. The maximum atomic E-state index is 12.7. The van der Waals surface area contributed by atoms with Gasteiger partial charge in [0.2, 0.25) is 0 Å². The van der Waals surface area contributed by atoms with Crippen molar-refractivity contribution in [2.75, 3.05) is 0 Å². The summed E-state index contributed by atoms with van der Waals surface area (Å²) in [5, 5.41) is 12.2. The Morgan fingerprint density at radius 3 is 2.43 bits per heavy atom. The smallest absolute Gasteiger partial charge is 0.326 e. The second-order valence-corrected chi connectivity index (χ2v) is 7.25. The number of carboxylic acid groups (broad SMARTS) is 1. The fourth-order valence-corrected chi connectivity index (χ4v) is 3.65. The molecule has 0 saturated carbocycles. The fourth-order valence-electron chi connectivity index (χ4n) is 3.65. The van der Waals surface area contributed by atoms with Crippen LogP contribution < -0.4 is 5.32 Å². The third kappa shape index (κ3) is 4.66. The Hall–Kier alpha value is -2.95. The molecular formula is C23H25NO4. The van der Waals surface area contributed by atoms with E-state index in [1.807, 2.05) is 43.3 Å². The zero-order valence-corrected chi connectivity index (χ0v) is 16.0. The predicted molar refractivity (Wildman–Crippen MR) is 107 cm³/mol. The van der Waals surface area contributed by atoms with Gasteiger partial charge in [-0.05, 0) is 47.6 Å². The minimum atomic E-state index is -1.06. The number of carboxylic acids is 1. The van der Waals surface area contributed by atoms with E-state index < -0.39 is 12.0 Å². The monoisotopic (exact) mass is 379 g/mol. The number of carbonyl (C=O) groups excluding carboxylic acids is 2. The molecule has 0 radical (unpaired) electrons. The highest BCUT2D eigenvalue weighted by molar-refractivity contribution is 5.98. The highest BCUT2D eigenvalue weighted by Crippen LogP contribution is 2.25. The van der Waals surface area contributed by atoms with Crippen molar-refractivity contribution in [3.8, 4) is 0 Å². The van der Waals surface area contributed by atoms with E-state index in [1.165, 1.54) is 5.56 Å². The highest BCUT2D eigenvalue weighted by Gasteiger charge is 2.24. The number of amides is 1. The van der Waals surface area contributed by atoms with E-state index in [0.29, 0.717) is 18.4 Å². The Balaban J connectivity index is 1.69. The quantitative estimate of drug-likeness (QED) is 0.738. The Morgan fingerprint density at radius 2 is 1.75 bits per heavy atom. The van der Waals surface area contributed by atoms with Gasteiger partial charge in [-0.15, -0.1) is 0 Å². The number of nitrogens with one attached hydrogen (secondary N) is 1. The molecule has 1 atom stereocenters. The molecule has 0 spiro atoms. The van der Waals surface area contributed by atoms with Crippen LogP contribution in [0.25, 0.3) is 0 Å². The summed E-state index contributed by atoms with van der Waals surface area (Å²) in [4.78, 5) is 35.9. The van der Waals surface area contributed by atoms with Crippen molar-refractivity contribution in [3.63, 3.8) is 0 Å². The van der Waals surface area contributed by atoms with Gasteiger partial charge >= 0.3 is 5.97 Å². The number of aryl methyl sites for hydroxylation is 1. The lowest BCUT2D eigenvalue weighted by atomic mass is 10.00. The minimum absolute atomic E-state index is 0.166. The maximum absolute atomic E-state index is 12.7. The van der Waals surface area contributed by atoms with Crippen molar-refractivity contribution in [2.45, 2.75) is 51.5 Å². The minimum Gasteiger partial charge on any atom is -0.480 e. The average molecular weight is 379 g/mol. The molecule has 0 aromatic heterocycles. The third-order valence-electron chi connectivity index (χ3n) is 5.25. The van der Waals surface area contributed by atoms with Gasteiger partial charge in [0.25, 0.3) is 5.91 Å². The molecule has 0 bridgehead atoms. The van der Waals surface area contributed by atoms with Crippen LogP contribution >= 0.6 is 0 Å². The molecule has 2 aromatic rings. The predicted octanol–water partition coefficient (Wildman–Crippen LogP) is 3.12. The topological polar surface area (TPSA) is 83.5 Å². The Bertz CT molecular complexity index is 886. The number of benzene rings is 2. The van der Waals surface area contributed by atoms with Crippen LogP contribution in [0.3, 0.4) is 0 Å². The molecule has 1 aliphatic rings. The van der Waals surface area contributed by atoms with Crippen LogP contribution in [0.4, 0.5) is 0 Å². The van der Waals surface area contributed by atoms with Gasteiger partial charge in [0.1, 0.15) is 11.8 Å². The summed E-state index contributed by atoms with van der Waals surface area (Å²) in [6.07, 6.45) is 3.92. The molecule has 2 aromatic carbocycles. The van der Waals surface area contributed by atoms with Crippen LogP contribution in [0.2, 0.25) is 0 Å². The molecule has 146 valence electrons. The second kappa shape index (κ2) is 8.83. The van der Waals surface area contributed by atoms with Crippen molar-refractivity contribution in [1.82, 2.24) is 5.32 Å². The first-order valence-corrected chi connectivity index (χ1v) is 9.72. The number of aliphatic carboxylic acids is 1. The number of carbonyl (C=O) groups is 3. The second-order valence-electron chi connectivity index (χ2n) is 7.25. The summed E-state index contributed by atoms with van der Waals surface area (Å²) in [7, 11) is 0. The number of rotatable bonds is 8. The summed E-state index contributed by atoms with van der Waals surface area (Å²) in [6.45, 7) is 1.83. The van der Waals surface area contributed by atoms with Gasteiger partial charge < -0.3 is 10.4 Å². The Morgan fingerprint density at radius 1 is 1.04 bits per heavy atom. The fraction of sp³-hybridized carbons (Fsp3) is 0.348. The number of hydrogen-bond acceptors (Lipinski definition) is 3. The molecule has 0 heterocycles. The zero-order valence-electron chi connectivity index (χ0n) is 16.0. The Kier molecular flexibility index (Phi) is 6.24. The van der Waals surface area contributed by atoms with Crippen molar-refractivity contribution >= 4 is 17.7 Å². The summed E-state index contributed by atoms with van der Waals surface area (Å²) < 4.78 is 0. The van der Waals surface area contributed by atoms with Crippen LogP contribution in [-0.4, -0.2) is 28.8 Å². The molecule has 5 nitrogen and oxygen atoms in total. The van der Waals surface area contributed by atoms with Crippen molar-refractivity contribution in [1.29, 1.82) is 0 Å². The van der Waals surface area contributed by atoms with Crippen molar-refractivity contribution < 1.29 is 19.5 Å².